The second-order valence-corrected chi connectivity index (χ2v) is 4.87. The Kier molecular flexibility index (Phi) is 6.53. The largest absolute Gasteiger partial charge is 0.496 e. The van der Waals surface area contributed by atoms with Crippen molar-refractivity contribution in [3.8, 4) is 5.75 Å². The lowest BCUT2D eigenvalue weighted by molar-refractivity contribution is -0.120. The molecule has 0 saturated carbocycles. The second kappa shape index (κ2) is 9.07. The van der Waals surface area contributed by atoms with E-state index in [0.717, 1.165) is 5.56 Å². The molecule has 7 nitrogen and oxygen atoms in total. The third-order valence-electron chi connectivity index (χ3n) is 3.19. The number of anilines is 1. The molecule has 2 aromatic carbocycles. The number of carbonyl (C=O) groups is 2. The van der Waals surface area contributed by atoms with Gasteiger partial charge in [0.1, 0.15) is 5.75 Å². The summed E-state index contributed by atoms with van der Waals surface area (Å²) < 4.78 is 9.78. The van der Waals surface area contributed by atoms with Gasteiger partial charge in [-0.05, 0) is 36.4 Å². The van der Waals surface area contributed by atoms with Gasteiger partial charge in [-0.25, -0.2) is 4.79 Å². The number of esters is 1. The topological polar surface area (TPSA) is 86.2 Å². The van der Waals surface area contributed by atoms with Crippen molar-refractivity contribution in [2.24, 2.45) is 5.16 Å². The molecular weight excluding hydrogens is 324 g/mol. The molecule has 25 heavy (non-hydrogen) atoms. The molecule has 0 aliphatic carbocycles. The van der Waals surface area contributed by atoms with E-state index < -0.39 is 5.97 Å². The van der Waals surface area contributed by atoms with Gasteiger partial charge < -0.3 is 19.6 Å². The molecule has 0 unspecified atom stereocenters. The molecule has 1 amide bonds. The van der Waals surface area contributed by atoms with Gasteiger partial charge in [0.15, 0.2) is 6.61 Å². The van der Waals surface area contributed by atoms with Crippen molar-refractivity contribution in [3.05, 3.63) is 59.7 Å². The average Bonchev–Trinajstić information content (AvgIpc) is 2.65. The van der Waals surface area contributed by atoms with Gasteiger partial charge in [-0.1, -0.05) is 17.3 Å². The highest BCUT2D eigenvalue weighted by molar-refractivity contribution is 5.93. The van der Waals surface area contributed by atoms with E-state index in [1.807, 2.05) is 18.2 Å². The lowest BCUT2D eigenvalue weighted by Gasteiger charge is -2.05. The van der Waals surface area contributed by atoms with Crippen molar-refractivity contribution < 1.29 is 23.9 Å². The van der Waals surface area contributed by atoms with E-state index >= 15 is 0 Å². The van der Waals surface area contributed by atoms with E-state index in [-0.39, 0.29) is 12.5 Å². The van der Waals surface area contributed by atoms with Crippen molar-refractivity contribution in [1.29, 1.82) is 0 Å². The number of oxime groups is 1. The Morgan fingerprint density at radius 3 is 2.48 bits per heavy atom. The maximum atomic E-state index is 11.8. The summed E-state index contributed by atoms with van der Waals surface area (Å²) in [5, 5.41) is 6.39. The molecule has 0 radical (unpaired) electrons. The zero-order chi connectivity index (χ0) is 18.1. The molecule has 0 bridgehead atoms. The van der Waals surface area contributed by atoms with Crippen LogP contribution >= 0.6 is 0 Å². The number of carbonyl (C=O) groups excluding carboxylic acids is 2. The summed E-state index contributed by atoms with van der Waals surface area (Å²) in [6, 6.07) is 13.6. The van der Waals surface area contributed by atoms with Gasteiger partial charge in [-0.15, -0.1) is 0 Å². The molecule has 0 heterocycles. The molecule has 2 rings (SSSR count). The smallest absolute Gasteiger partial charge is 0.337 e. The fraction of sp³-hybridized carbons (Fsp3) is 0.167. The van der Waals surface area contributed by atoms with Crippen LogP contribution in [-0.2, 0) is 14.4 Å². The summed E-state index contributed by atoms with van der Waals surface area (Å²) >= 11 is 0. The third-order valence-corrected chi connectivity index (χ3v) is 3.19. The number of rotatable bonds is 7. The van der Waals surface area contributed by atoms with Crippen molar-refractivity contribution in [2.75, 3.05) is 26.1 Å². The van der Waals surface area contributed by atoms with E-state index in [4.69, 9.17) is 9.57 Å². The minimum Gasteiger partial charge on any atom is -0.496 e. The van der Waals surface area contributed by atoms with Crippen LogP contribution in [0.2, 0.25) is 0 Å². The Bertz CT molecular complexity index is 756. The molecule has 7 heteroatoms. The first-order valence-corrected chi connectivity index (χ1v) is 7.40. The predicted octanol–water partition coefficient (Wildman–Crippen LogP) is 2.47. The zero-order valence-corrected chi connectivity index (χ0v) is 13.9. The number of hydrogen-bond acceptors (Lipinski definition) is 6. The number of nitrogens with one attached hydrogen (secondary N) is 1. The first-order valence-electron chi connectivity index (χ1n) is 7.40. The molecule has 0 fully saturated rings. The highest BCUT2D eigenvalue weighted by Gasteiger charge is 2.06. The molecule has 130 valence electrons. The highest BCUT2D eigenvalue weighted by atomic mass is 16.6. The summed E-state index contributed by atoms with van der Waals surface area (Å²) in [4.78, 5) is 28.1. The number of para-hydroxylation sites is 1. The number of methoxy groups -OCH3 is 2. The molecule has 0 spiro atoms. The number of amides is 1. The fourth-order valence-electron chi connectivity index (χ4n) is 1.97. The maximum absolute atomic E-state index is 11.8. The van der Waals surface area contributed by atoms with Crippen LogP contribution in [0.5, 0.6) is 5.75 Å². The van der Waals surface area contributed by atoms with Crippen LogP contribution < -0.4 is 10.1 Å². The van der Waals surface area contributed by atoms with Crippen LogP contribution in [0, 0.1) is 0 Å². The lowest BCUT2D eigenvalue weighted by Crippen LogP contribution is -2.17. The Balaban J connectivity index is 1.82. The zero-order valence-electron chi connectivity index (χ0n) is 13.9. The van der Waals surface area contributed by atoms with E-state index in [1.165, 1.54) is 13.3 Å². The Morgan fingerprint density at radius 2 is 1.80 bits per heavy atom. The number of hydrogen-bond donors (Lipinski definition) is 1. The molecule has 0 aromatic heterocycles. The summed E-state index contributed by atoms with van der Waals surface area (Å²) in [5.74, 6) is -0.153. The summed E-state index contributed by atoms with van der Waals surface area (Å²) in [5.41, 5.74) is 1.68. The quantitative estimate of drug-likeness (QED) is 0.474. The minimum atomic E-state index is -0.438. The summed E-state index contributed by atoms with van der Waals surface area (Å²) in [7, 11) is 2.87. The Morgan fingerprint density at radius 1 is 1.08 bits per heavy atom. The van der Waals surface area contributed by atoms with Gasteiger partial charge >= 0.3 is 5.97 Å². The molecule has 2 aromatic rings. The Labute approximate surface area is 145 Å². The Hall–Kier alpha value is -3.35. The molecule has 0 saturated heterocycles. The fourth-order valence-corrected chi connectivity index (χ4v) is 1.97. The summed E-state index contributed by atoms with van der Waals surface area (Å²) in [6.45, 7) is -0.246. The van der Waals surface area contributed by atoms with E-state index in [2.05, 4.69) is 15.2 Å². The van der Waals surface area contributed by atoms with Gasteiger partial charge in [0.05, 0.1) is 26.0 Å². The molecule has 0 aliphatic rings. The van der Waals surface area contributed by atoms with Gasteiger partial charge in [0, 0.05) is 11.3 Å². The third kappa shape index (κ3) is 5.35. The highest BCUT2D eigenvalue weighted by Crippen LogP contribution is 2.14. The van der Waals surface area contributed by atoms with E-state index in [1.54, 1.807) is 37.4 Å². The van der Waals surface area contributed by atoms with Crippen molar-refractivity contribution in [2.45, 2.75) is 0 Å². The van der Waals surface area contributed by atoms with Crippen LogP contribution in [0.3, 0.4) is 0 Å². The van der Waals surface area contributed by atoms with Gasteiger partial charge in [-0.2, -0.15) is 0 Å². The minimum absolute atomic E-state index is 0.246. The second-order valence-electron chi connectivity index (χ2n) is 4.87. The maximum Gasteiger partial charge on any atom is 0.337 e. The standard InChI is InChI=1S/C18H18N2O5/c1-23-16-6-4-3-5-14(16)11-19-25-12-17(21)20-15-9-7-13(8-10-15)18(22)24-2/h3-11H,12H2,1-2H3,(H,20,21)/b19-11-. The lowest BCUT2D eigenvalue weighted by atomic mass is 10.2. The van der Waals surface area contributed by atoms with Crippen LogP contribution in [0.1, 0.15) is 15.9 Å². The van der Waals surface area contributed by atoms with Gasteiger partial charge in [0.25, 0.3) is 5.91 Å². The van der Waals surface area contributed by atoms with Crippen LogP contribution in [-0.4, -0.2) is 38.9 Å². The number of benzene rings is 2. The van der Waals surface area contributed by atoms with E-state index in [9.17, 15) is 9.59 Å². The van der Waals surface area contributed by atoms with Crippen molar-refractivity contribution >= 4 is 23.8 Å². The van der Waals surface area contributed by atoms with Crippen molar-refractivity contribution in [1.82, 2.24) is 0 Å². The SMILES string of the molecule is COC(=O)c1ccc(NC(=O)CO/N=C\c2ccccc2OC)cc1. The van der Waals surface area contributed by atoms with E-state index in [0.29, 0.717) is 17.0 Å². The normalized spacial score (nSPS) is 10.3. The molecular formula is C18H18N2O5. The first kappa shape index (κ1) is 18.0. The van der Waals surface area contributed by atoms with Gasteiger partial charge in [0.2, 0.25) is 0 Å². The van der Waals surface area contributed by atoms with Crippen LogP contribution in [0.25, 0.3) is 0 Å². The first-order chi connectivity index (χ1) is 12.1. The number of nitrogens with zero attached hydrogens (tertiary/aromatic N) is 1. The molecule has 0 aliphatic heterocycles. The van der Waals surface area contributed by atoms with Gasteiger partial charge in [-0.3, -0.25) is 4.79 Å². The van der Waals surface area contributed by atoms with Crippen LogP contribution in [0.15, 0.2) is 53.7 Å². The molecule has 1 N–H and O–H groups in total. The monoisotopic (exact) mass is 342 g/mol. The van der Waals surface area contributed by atoms with Crippen LogP contribution in [0.4, 0.5) is 5.69 Å². The summed E-state index contributed by atoms with van der Waals surface area (Å²) in [6.07, 6.45) is 1.47. The van der Waals surface area contributed by atoms with Crippen molar-refractivity contribution in [3.63, 3.8) is 0 Å². The predicted molar refractivity (Wildman–Crippen MR) is 93.0 cm³/mol. The number of ether oxygens (including phenoxy) is 2. The molecule has 0 atom stereocenters. The average molecular weight is 342 g/mol.